The normalized spacial score (nSPS) is 11.4. The van der Waals surface area contributed by atoms with Gasteiger partial charge in [0.2, 0.25) is 0 Å². The number of rotatable bonds is 2. The summed E-state index contributed by atoms with van der Waals surface area (Å²) < 4.78 is 6.36. The van der Waals surface area contributed by atoms with Crippen molar-refractivity contribution in [3.63, 3.8) is 0 Å². The van der Waals surface area contributed by atoms with Crippen LogP contribution < -0.4 is 4.74 Å². The van der Waals surface area contributed by atoms with Crippen molar-refractivity contribution < 1.29 is 4.74 Å². The minimum Gasteiger partial charge on any atom is -0.457 e. The lowest BCUT2D eigenvalue weighted by molar-refractivity contribution is 0.489. The maximum absolute atomic E-state index is 6.36. The number of fused-ring (bicyclic) bond motifs is 4. The Bertz CT molecular complexity index is 1530. The maximum atomic E-state index is 6.36. The fraction of sp³-hybridized carbons (Fsp3) is 0. The van der Waals surface area contributed by atoms with Crippen LogP contribution in [0.4, 0.5) is 0 Å². The van der Waals surface area contributed by atoms with Crippen molar-refractivity contribution in [2.45, 2.75) is 0 Å². The fourth-order valence-electron chi connectivity index (χ4n) is 4.14. The summed E-state index contributed by atoms with van der Waals surface area (Å²) in [4.78, 5) is 0. The predicted molar refractivity (Wildman–Crippen MR) is 123 cm³/mol. The van der Waals surface area contributed by atoms with Crippen LogP contribution in [0.2, 0.25) is 0 Å². The molecule has 0 saturated heterocycles. The molecule has 6 aromatic carbocycles. The van der Waals surface area contributed by atoms with Gasteiger partial charge in [0, 0.05) is 5.39 Å². The molecule has 6 rings (SSSR count). The van der Waals surface area contributed by atoms with Crippen molar-refractivity contribution in [1.29, 1.82) is 0 Å². The Balaban J connectivity index is 1.47. The van der Waals surface area contributed by atoms with Gasteiger partial charge in [-0.25, -0.2) is 0 Å². The quantitative estimate of drug-likeness (QED) is 0.280. The first-order chi connectivity index (χ1) is 14.3. The molecule has 0 spiro atoms. The molecule has 1 nitrogen and oxygen atoms in total. The van der Waals surface area contributed by atoms with Crippen LogP contribution in [-0.4, -0.2) is 0 Å². The third-order valence-electron chi connectivity index (χ3n) is 5.61. The Labute approximate surface area is 168 Å². The van der Waals surface area contributed by atoms with E-state index in [1.54, 1.807) is 0 Å². The van der Waals surface area contributed by atoms with Crippen molar-refractivity contribution in [3.05, 3.63) is 109 Å². The zero-order valence-corrected chi connectivity index (χ0v) is 15.8. The summed E-state index contributed by atoms with van der Waals surface area (Å²) in [6.07, 6.45) is 0. The van der Waals surface area contributed by atoms with E-state index in [9.17, 15) is 0 Å². The van der Waals surface area contributed by atoms with Crippen LogP contribution in [0.15, 0.2) is 109 Å². The summed E-state index contributed by atoms with van der Waals surface area (Å²) in [6, 6.07) is 38.4. The van der Waals surface area contributed by atoms with E-state index < -0.39 is 0 Å². The minimum atomic E-state index is 0.855. The summed E-state index contributed by atoms with van der Waals surface area (Å²) >= 11 is 0. The second-order valence-corrected chi connectivity index (χ2v) is 7.49. The second kappa shape index (κ2) is 6.35. The van der Waals surface area contributed by atoms with Gasteiger partial charge < -0.3 is 4.74 Å². The average Bonchev–Trinajstić information content (AvgIpc) is 2.76. The molecule has 0 aliphatic heterocycles. The zero-order chi connectivity index (χ0) is 19.2. The number of ether oxygens (including phenoxy) is 1. The predicted octanol–water partition coefficient (Wildman–Crippen LogP) is 8.09. The molecule has 0 atom stereocenters. The molecule has 1 heteroatoms. The van der Waals surface area contributed by atoms with E-state index in [1.165, 1.54) is 37.7 Å². The molecular formula is C28H18O. The molecule has 0 heterocycles. The summed E-state index contributed by atoms with van der Waals surface area (Å²) in [6.45, 7) is 0. The summed E-state index contributed by atoms with van der Waals surface area (Å²) in [5, 5.41) is 9.70. The zero-order valence-electron chi connectivity index (χ0n) is 15.8. The van der Waals surface area contributed by atoms with Gasteiger partial charge in [-0.05, 0) is 80.2 Å². The Morgan fingerprint density at radius 2 is 0.931 bits per heavy atom. The van der Waals surface area contributed by atoms with Crippen molar-refractivity contribution >= 4 is 43.1 Å². The molecule has 0 aliphatic carbocycles. The Morgan fingerprint density at radius 3 is 1.66 bits per heavy atom. The van der Waals surface area contributed by atoms with Crippen LogP contribution in [0.3, 0.4) is 0 Å². The van der Waals surface area contributed by atoms with Crippen LogP contribution in [0.25, 0.3) is 43.1 Å². The van der Waals surface area contributed by atoms with Crippen molar-refractivity contribution in [2.75, 3.05) is 0 Å². The van der Waals surface area contributed by atoms with Gasteiger partial charge in [-0.3, -0.25) is 0 Å². The molecule has 0 saturated carbocycles. The smallest absolute Gasteiger partial charge is 0.135 e. The molecule has 0 fully saturated rings. The van der Waals surface area contributed by atoms with Crippen LogP contribution in [0.5, 0.6) is 11.5 Å². The first kappa shape index (κ1) is 16.1. The SMILES string of the molecule is c1ccc2cc3cc(Oc4cccc5cc6ccccc6cc45)ccc3cc2c1. The van der Waals surface area contributed by atoms with E-state index in [0.29, 0.717) is 0 Å². The third-order valence-corrected chi connectivity index (χ3v) is 5.61. The van der Waals surface area contributed by atoms with Gasteiger partial charge in [0.05, 0.1) is 0 Å². The van der Waals surface area contributed by atoms with Crippen LogP contribution in [0.1, 0.15) is 0 Å². The van der Waals surface area contributed by atoms with Gasteiger partial charge in [0.1, 0.15) is 11.5 Å². The number of benzene rings is 6. The molecule has 0 amide bonds. The molecule has 0 N–H and O–H groups in total. The van der Waals surface area contributed by atoms with Gasteiger partial charge in [-0.15, -0.1) is 0 Å². The average molecular weight is 370 g/mol. The molecule has 0 aromatic heterocycles. The molecule has 0 bridgehead atoms. The molecule has 136 valence electrons. The van der Waals surface area contributed by atoms with Crippen molar-refractivity contribution in [1.82, 2.24) is 0 Å². The third kappa shape index (κ3) is 2.79. The van der Waals surface area contributed by atoms with Crippen LogP contribution in [-0.2, 0) is 0 Å². The first-order valence-electron chi connectivity index (χ1n) is 9.85. The summed E-state index contributed by atoms with van der Waals surface area (Å²) in [5.41, 5.74) is 0. The second-order valence-electron chi connectivity index (χ2n) is 7.49. The topological polar surface area (TPSA) is 9.23 Å². The van der Waals surface area contributed by atoms with E-state index >= 15 is 0 Å². The number of hydrogen-bond donors (Lipinski definition) is 0. The van der Waals surface area contributed by atoms with Gasteiger partial charge in [0.15, 0.2) is 0 Å². The minimum absolute atomic E-state index is 0.855. The molecule has 0 radical (unpaired) electrons. The summed E-state index contributed by atoms with van der Waals surface area (Å²) in [5.74, 6) is 1.74. The molecule has 6 aromatic rings. The molecular weight excluding hydrogens is 352 g/mol. The van der Waals surface area contributed by atoms with E-state index in [1.807, 2.05) is 6.07 Å². The largest absolute Gasteiger partial charge is 0.457 e. The van der Waals surface area contributed by atoms with E-state index in [4.69, 9.17) is 4.74 Å². The van der Waals surface area contributed by atoms with Gasteiger partial charge in [-0.1, -0.05) is 66.7 Å². The van der Waals surface area contributed by atoms with Crippen LogP contribution >= 0.6 is 0 Å². The lowest BCUT2D eigenvalue weighted by Crippen LogP contribution is -1.87. The number of hydrogen-bond acceptors (Lipinski definition) is 1. The maximum Gasteiger partial charge on any atom is 0.135 e. The van der Waals surface area contributed by atoms with Crippen molar-refractivity contribution in [2.24, 2.45) is 0 Å². The molecule has 0 unspecified atom stereocenters. The highest BCUT2D eigenvalue weighted by molar-refractivity contribution is 6.01. The van der Waals surface area contributed by atoms with Crippen molar-refractivity contribution in [3.8, 4) is 11.5 Å². The van der Waals surface area contributed by atoms with E-state index in [0.717, 1.165) is 16.9 Å². The Morgan fingerprint density at radius 1 is 0.379 bits per heavy atom. The lowest BCUT2D eigenvalue weighted by Gasteiger charge is -2.11. The molecule has 0 aliphatic rings. The van der Waals surface area contributed by atoms with E-state index in [-0.39, 0.29) is 0 Å². The van der Waals surface area contributed by atoms with Gasteiger partial charge >= 0.3 is 0 Å². The first-order valence-corrected chi connectivity index (χ1v) is 9.85. The molecule has 29 heavy (non-hydrogen) atoms. The fourth-order valence-corrected chi connectivity index (χ4v) is 4.14. The Kier molecular flexibility index (Phi) is 3.54. The summed E-state index contributed by atoms with van der Waals surface area (Å²) in [7, 11) is 0. The lowest BCUT2D eigenvalue weighted by atomic mass is 10.0. The van der Waals surface area contributed by atoms with E-state index in [2.05, 4.69) is 103 Å². The van der Waals surface area contributed by atoms with Gasteiger partial charge in [0.25, 0.3) is 0 Å². The van der Waals surface area contributed by atoms with Gasteiger partial charge in [-0.2, -0.15) is 0 Å². The highest BCUT2D eigenvalue weighted by Crippen LogP contribution is 2.34. The standard InChI is InChI=1S/C28H18O/c1-2-8-21-16-25-17-26(13-12-23(25)14-19(21)6-1)29-28-11-5-10-24-15-20-7-3-4-9-22(20)18-27(24)28/h1-18H. The highest BCUT2D eigenvalue weighted by atomic mass is 16.5. The van der Waals surface area contributed by atoms with Crippen LogP contribution in [0, 0.1) is 0 Å². The monoisotopic (exact) mass is 370 g/mol. The highest BCUT2D eigenvalue weighted by Gasteiger charge is 2.07. The Hall–Kier alpha value is -3.84.